The van der Waals surface area contributed by atoms with Crippen LogP contribution >= 0.6 is 11.6 Å². The molecule has 92 valence electrons. The van der Waals surface area contributed by atoms with Gasteiger partial charge in [-0.05, 0) is 18.1 Å². The largest absolute Gasteiger partial charge is 0.480 e. The van der Waals surface area contributed by atoms with Crippen LogP contribution in [0.2, 0.25) is 5.15 Å². The highest BCUT2D eigenvalue weighted by Gasteiger charge is 2.24. The Kier molecular flexibility index (Phi) is 4.45. The molecule has 1 atom stereocenters. The Labute approximate surface area is 104 Å². The van der Waals surface area contributed by atoms with Crippen LogP contribution in [0.4, 0.5) is 0 Å². The first kappa shape index (κ1) is 13.4. The second-order valence-corrected chi connectivity index (χ2v) is 4.23. The summed E-state index contributed by atoms with van der Waals surface area (Å²) in [5.74, 6) is -1.83. The third-order valence-electron chi connectivity index (χ3n) is 2.22. The van der Waals surface area contributed by atoms with Gasteiger partial charge in [-0.3, -0.25) is 4.79 Å². The molecule has 0 aliphatic rings. The first-order chi connectivity index (χ1) is 7.93. The lowest BCUT2D eigenvalue weighted by molar-refractivity contribution is -0.140. The van der Waals surface area contributed by atoms with Crippen molar-refractivity contribution in [2.45, 2.75) is 19.9 Å². The summed E-state index contributed by atoms with van der Waals surface area (Å²) in [4.78, 5) is 26.5. The van der Waals surface area contributed by atoms with E-state index in [0.29, 0.717) is 0 Å². The van der Waals surface area contributed by atoms with E-state index in [9.17, 15) is 9.59 Å². The molecule has 0 spiro atoms. The van der Waals surface area contributed by atoms with Crippen molar-refractivity contribution in [3.8, 4) is 0 Å². The molecular weight excluding hydrogens is 244 g/mol. The molecule has 0 fully saturated rings. The van der Waals surface area contributed by atoms with Gasteiger partial charge in [0.1, 0.15) is 11.2 Å². The maximum Gasteiger partial charge on any atom is 0.326 e. The molecule has 0 radical (unpaired) electrons. The van der Waals surface area contributed by atoms with E-state index in [-0.39, 0.29) is 16.6 Å². The second-order valence-electron chi connectivity index (χ2n) is 3.88. The lowest BCUT2D eigenvalue weighted by Crippen LogP contribution is -2.44. The van der Waals surface area contributed by atoms with Crippen molar-refractivity contribution in [2.24, 2.45) is 5.92 Å². The fraction of sp³-hybridized carbons (Fsp3) is 0.364. The summed E-state index contributed by atoms with van der Waals surface area (Å²) in [5, 5.41) is 11.4. The number of nitrogens with zero attached hydrogens (tertiary/aromatic N) is 1. The van der Waals surface area contributed by atoms with Gasteiger partial charge in [0.2, 0.25) is 0 Å². The summed E-state index contributed by atoms with van der Waals surface area (Å²) >= 11 is 5.74. The molecule has 0 bridgehead atoms. The maximum atomic E-state index is 11.8. The predicted molar refractivity (Wildman–Crippen MR) is 63.0 cm³/mol. The molecule has 5 nitrogen and oxygen atoms in total. The lowest BCUT2D eigenvalue weighted by atomic mass is 10.0. The van der Waals surface area contributed by atoms with Crippen LogP contribution in [-0.4, -0.2) is 28.0 Å². The smallest absolute Gasteiger partial charge is 0.326 e. The fourth-order valence-corrected chi connectivity index (χ4v) is 1.49. The first-order valence-corrected chi connectivity index (χ1v) is 5.45. The van der Waals surface area contributed by atoms with E-state index < -0.39 is 17.9 Å². The number of carboxylic acids is 1. The number of amides is 1. The van der Waals surface area contributed by atoms with E-state index in [4.69, 9.17) is 16.7 Å². The van der Waals surface area contributed by atoms with E-state index in [1.807, 2.05) is 0 Å². The number of hydrogen-bond acceptors (Lipinski definition) is 3. The number of pyridine rings is 1. The van der Waals surface area contributed by atoms with Crippen LogP contribution in [-0.2, 0) is 4.79 Å². The molecule has 1 rings (SSSR count). The van der Waals surface area contributed by atoms with Crippen molar-refractivity contribution in [1.82, 2.24) is 10.3 Å². The summed E-state index contributed by atoms with van der Waals surface area (Å²) in [6, 6.07) is 2.11. The molecule has 0 aliphatic carbocycles. The van der Waals surface area contributed by atoms with Crippen molar-refractivity contribution in [1.29, 1.82) is 0 Å². The zero-order valence-corrected chi connectivity index (χ0v) is 10.2. The highest BCUT2D eigenvalue weighted by atomic mass is 35.5. The number of halogens is 1. The zero-order valence-electron chi connectivity index (χ0n) is 9.48. The van der Waals surface area contributed by atoms with Gasteiger partial charge in [-0.15, -0.1) is 0 Å². The summed E-state index contributed by atoms with van der Waals surface area (Å²) < 4.78 is 0. The van der Waals surface area contributed by atoms with Gasteiger partial charge in [0, 0.05) is 6.20 Å². The Bertz CT molecular complexity index is 434. The van der Waals surface area contributed by atoms with E-state index in [2.05, 4.69) is 10.3 Å². The van der Waals surface area contributed by atoms with E-state index in [0.717, 1.165) is 0 Å². The lowest BCUT2D eigenvalue weighted by Gasteiger charge is -2.17. The van der Waals surface area contributed by atoms with Crippen molar-refractivity contribution in [3.05, 3.63) is 29.0 Å². The first-order valence-electron chi connectivity index (χ1n) is 5.07. The molecule has 17 heavy (non-hydrogen) atoms. The molecule has 1 amide bonds. The Balaban J connectivity index is 2.85. The Hall–Kier alpha value is -1.62. The normalized spacial score (nSPS) is 12.2. The monoisotopic (exact) mass is 256 g/mol. The highest BCUT2D eigenvalue weighted by Crippen LogP contribution is 2.12. The van der Waals surface area contributed by atoms with Gasteiger partial charge in [0.05, 0.1) is 5.56 Å². The molecule has 1 aromatic heterocycles. The van der Waals surface area contributed by atoms with Gasteiger partial charge in [-0.2, -0.15) is 0 Å². The SMILES string of the molecule is CC(C)C(NC(=O)c1cccnc1Cl)C(=O)O. The Morgan fingerprint density at radius 2 is 2.12 bits per heavy atom. The van der Waals surface area contributed by atoms with E-state index in [1.165, 1.54) is 12.3 Å². The van der Waals surface area contributed by atoms with Crippen LogP contribution < -0.4 is 5.32 Å². The van der Waals surface area contributed by atoms with Crippen LogP contribution in [0.5, 0.6) is 0 Å². The summed E-state index contributed by atoms with van der Waals surface area (Å²) in [5.41, 5.74) is 0.168. The Morgan fingerprint density at radius 3 is 2.59 bits per heavy atom. The molecule has 0 aliphatic heterocycles. The molecule has 6 heteroatoms. The quantitative estimate of drug-likeness (QED) is 0.802. The molecule has 2 N–H and O–H groups in total. The average molecular weight is 257 g/mol. The number of rotatable bonds is 4. The van der Waals surface area contributed by atoms with Crippen molar-refractivity contribution in [3.63, 3.8) is 0 Å². The molecule has 1 unspecified atom stereocenters. The number of nitrogens with one attached hydrogen (secondary N) is 1. The minimum Gasteiger partial charge on any atom is -0.480 e. The van der Waals surface area contributed by atoms with Crippen molar-refractivity contribution in [2.75, 3.05) is 0 Å². The number of hydrogen-bond donors (Lipinski definition) is 2. The molecule has 1 aromatic rings. The number of carbonyl (C=O) groups excluding carboxylic acids is 1. The van der Waals surface area contributed by atoms with Gasteiger partial charge in [0.25, 0.3) is 5.91 Å². The van der Waals surface area contributed by atoms with Gasteiger partial charge in [0.15, 0.2) is 0 Å². The molecule has 0 saturated heterocycles. The number of aliphatic carboxylic acids is 1. The second kappa shape index (κ2) is 5.63. The molecule has 0 aromatic carbocycles. The molecule has 1 heterocycles. The predicted octanol–water partition coefficient (Wildman–Crippen LogP) is 1.57. The van der Waals surface area contributed by atoms with Crippen molar-refractivity contribution < 1.29 is 14.7 Å². The van der Waals surface area contributed by atoms with Crippen molar-refractivity contribution >= 4 is 23.5 Å². The topological polar surface area (TPSA) is 79.3 Å². The third kappa shape index (κ3) is 3.42. The van der Waals surface area contributed by atoms with Crippen LogP contribution in [0.15, 0.2) is 18.3 Å². The maximum absolute atomic E-state index is 11.8. The van der Waals surface area contributed by atoms with Gasteiger partial charge >= 0.3 is 5.97 Å². The van der Waals surface area contributed by atoms with Crippen LogP contribution in [0.25, 0.3) is 0 Å². The average Bonchev–Trinajstić information content (AvgIpc) is 2.25. The van der Waals surface area contributed by atoms with Gasteiger partial charge in [-0.1, -0.05) is 25.4 Å². The van der Waals surface area contributed by atoms with Crippen LogP contribution in [0.3, 0.4) is 0 Å². The van der Waals surface area contributed by atoms with E-state index >= 15 is 0 Å². The zero-order chi connectivity index (χ0) is 13.0. The number of carboxylic acid groups (broad SMARTS) is 1. The minimum atomic E-state index is -1.08. The summed E-state index contributed by atoms with van der Waals surface area (Å²) in [6.07, 6.45) is 1.45. The van der Waals surface area contributed by atoms with Gasteiger partial charge in [-0.25, -0.2) is 9.78 Å². The summed E-state index contributed by atoms with van der Waals surface area (Å²) in [7, 11) is 0. The minimum absolute atomic E-state index is 0.0536. The number of aromatic nitrogens is 1. The summed E-state index contributed by atoms with van der Waals surface area (Å²) in [6.45, 7) is 3.42. The molecule has 0 saturated carbocycles. The van der Waals surface area contributed by atoms with Gasteiger partial charge < -0.3 is 10.4 Å². The van der Waals surface area contributed by atoms with E-state index in [1.54, 1.807) is 19.9 Å². The van der Waals surface area contributed by atoms with Crippen LogP contribution in [0.1, 0.15) is 24.2 Å². The standard InChI is InChI=1S/C11H13ClN2O3/c1-6(2)8(11(16)17)14-10(15)7-4-3-5-13-9(7)12/h3-6,8H,1-2H3,(H,14,15)(H,16,17). The fourth-order valence-electron chi connectivity index (χ4n) is 1.29. The Morgan fingerprint density at radius 1 is 1.47 bits per heavy atom. The van der Waals surface area contributed by atoms with Crippen LogP contribution in [0, 0.1) is 5.92 Å². The third-order valence-corrected chi connectivity index (χ3v) is 2.52. The molecular formula is C11H13ClN2O3. The highest BCUT2D eigenvalue weighted by molar-refractivity contribution is 6.32. The number of carbonyl (C=O) groups is 2.